The number of benzene rings is 2. The molecule has 174 valence electrons. The first-order valence-electron chi connectivity index (χ1n) is 8.88. The summed E-state index contributed by atoms with van der Waals surface area (Å²) in [6.45, 7) is 0. The summed E-state index contributed by atoms with van der Waals surface area (Å²) in [5.74, 6) is -6.57. The lowest BCUT2D eigenvalue weighted by molar-refractivity contribution is -0.139. The van der Waals surface area contributed by atoms with Crippen LogP contribution in [0.1, 0.15) is 34.3 Å². The molecule has 33 heavy (non-hydrogen) atoms. The number of rotatable bonds is 7. The number of aliphatic carboxylic acids is 1. The predicted octanol–water partition coefficient (Wildman–Crippen LogP) is 5.09. The number of ether oxygens (including phenoxy) is 1. The first-order valence-corrected chi connectivity index (χ1v) is 9.68. The molecule has 7 nitrogen and oxygen atoms in total. The first-order chi connectivity index (χ1) is 15.4. The molecule has 3 N–H and O–H groups in total. The van der Waals surface area contributed by atoms with E-state index in [1.165, 1.54) is 0 Å². The van der Waals surface area contributed by atoms with Gasteiger partial charge in [0.15, 0.2) is 22.3 Å². The predicted molar refractivity (Wildman–Crippen MR) is 105 cm³/mol. The highest BCUT2D eigenvalue weighted by Gasteiger charge is 2.31. The van der Waals surface area contributed by atoms with Crippen molar-refractivity contribution in [3.63, 3.8) is 0 Å². The number of carbonyl (C=O) groups is 2. The zero-order valence-electron chi connectivity index (χ0n) is 16.1. The van der Waals surface area contributed by atoms with E-state index in [4.69, 9.17) is 14.9 Å². The van der Waals surface area contributed by atoms with Crippen LogP contribution in [0.2, 0.25) is 0 Å². The molecule has 1 amide bonds. The lowest BCUT2D eigenvalue weighted by Crippen LogP contribution is -2.18. The van der Waals surface area contributed by atoms with Crippen LogP contribution in [0.25, 0.3) is 11.3 Å². The monoisotopic (exact) mass is 534 g/mol. The third-order valence-electron chi connectivity index (χ3n) is 4.29. The first kappa shape index (κ1) is 24.2. The fourth-order valence-electron chi connectivity index (χ4n) is 2.79. The maximum atomic E-state index is 14.5. The second kappa shape index (κ2) is 9.17. The van der Waals surface area contributed by atoms with Crippen LogP contribution >= 0.6 is 15.9 Å². The molecule has 0 bridgehead atoms. The topological polar surface area (TPSA) is 116 Å². The minimum atomic E-state index is -4.55. The van der Waals surface area contributed by atoms with Crippen LogP contribution in [0.15, 0.2) is 45.5 Å². The zero-order chi connectivity index (χ0) is 24.5. The van der Waals surface area contributed by atoms with E-state index in [1.54, 1.807) is 0 Å². The van der Waals surface area contributed by atoms with Crippen molar-refractivity contribution in [1.29, 1.82) is 0 Å². The number of aromatic nitrogens is 1. The number of primary amides is 1. The number of nitrogens with two attached hydrogens (primary N) is 1. The average Bonchev–Trinajstić information content (AvgIpc) is 3.10. The maximum absolute atomic E-state index is 14.5. The van der Waals surface area contributed by atoms with E-state index in [-0.39, 0.29) is 21.8 Å². The SMILES string of the molecule is NC(=O)c1c(F)ccc(OC(CC(=O)O)c2nc(-c3ccc(C(F)(F)F)cc3)c(Br)o2)c1F. The number of amides is 1. The lowest BCUT2D eigenvalue weighted by Gasteiger charge is -2.16. The minimum Gasteiger partial charge on any atom is -0.481 e. The molecule has 0 spiro atoms. The van der Waals surface area contributed by atoms with Crippen LogP contribution in [0, 0.1) is 11.6 Å². The Labute approximate surface area is 190 Å². The smallest absolute Gasteiger partial charge is 0.416 e. The molecule has 13 heteroatoms. The van der Waals surface area contributed by atoms with Crippen molar-refractivity contribution in [2.24, 2.45) is 5.73 Å². The van der Waals surface area contributed by atoms with Gasteiger partial charge in [0.1, 0.15) is 17.1 Å². The summed E-state index contributed by atoms with van der Waals surface area (Å²) in [5.41, 5.74) is 3.20. The number of carboxylic acids is 1. The highest BCUT2D eigenvalue weighted by atomic mass is 79.9. The van der Waals surface area contributed by atoms with Crippen molar-refractivity contribution < 1.29 is 45.8 Å². The van der Waals surface area contributed by atoms with E-state index in [0.29, 0.717) is 6.07 Å². The largest absolute Gasteiger partial charge is 0.481 e. The average molecular weight is 535 g/mol. The second-order valence-electron chi connectivity index (χ2n) is 6.55. The van der Waals surface area contributed by atoms with Gasteiger partial charge in [0.2, 0.25) is 5.89 Å². The fraction of sp³-hybridized carbons (Fsp3) is 0.150. The fourth-order valence-corrected chi connectivity index (χ4v) is 3.27. The Hall–Kier alpha value is -3.48. The molecule has 1 aromatic heterocycles. The number of nitrogens with zero attached hydrogens (tertiary/aromatic N) is 1. The highest BCUT2D eigenvalue weighted by molar-refractivity contribution is 9.10. The summed E-state index contributed by atoms with van der Waals surface area (Å²) in [4.78, 5) is 26.6. The molecule has 1 unspecified atom stereocenters. The Morgan fingerprint density at radius 2 is 1.79 bits per heavy atom. The normalized spacial score (nSPS) is 12.4. The van der Waals surface area contributed by atoms with Crippen LogP contribution in [0.5, 0.6) is 5.75 Å². The van der Waals surface area contributed by atoms with Crippen LogP contribution in [0.4, 0.5) is 22.0 Å². The lowest BCUT2D eigenvalue weighted by atomic mass is 10.1. The summed E-state index contributed by atoms with van der Waals surface area (Å²) in [5, 5.41) is 9.18. The summed E-state index contributed by atoms with van der Waals surface area (Å²) in [6.07, 6.45) is -6.89. The van der Waals surface area contributed by atoms with Gasteiger partial charge < -0.3 is 20.0 Å². The zero-order valence-corrected chi connectivity index (χ0v) is 17.7. The number of carboxylic acid groups (broad SMARTS) is 1. The van der Waals surface area contributed by atoms with Gasteiger partial charge in [-0.2, -0.15) is 13.2 Å². The van der Waals surface area contributed by atoms with Crippen molar-refractivity contribution in [3.8, 4) is 17.0 Å². The highest BCUT2D eigenvalue weighted by Crippen LogP contribution is 2.36. The van der Waals surface area contributed by atoms with Crippen LogP contribution < -0.4 is 10.5 Å². The van der Waals surface area contributed by atoms with Gasteiger partial charge in [0, 0.05) is 5.56 Å². The van der Waals surface area contributed by atoms with E-state index in [1.807, 2.05) is 0 Å². The van der Waals surface area contributed by atoms with E-state index in [9.17, 15) is 36.6 Å². The molecule has 0 saturated heterocycles. The van der Waals surface area contributed by atoms with E-state index in [0.717, 1.165) is 30.3 Å². The van der Waals surface area contributed by atoms with Crippen molar-refractivity contribution in [2.45, 2.75) is 18.7 Å². The molecule has 0 aliphatic carbocycles. The van der Waals surface area contributed by atoms with Crippen molar-refractivity contribution in [3.05, 3.63) is 69.7 Å². The number of hydrogen-bond acceptors (Lipinski definition) is 5. The third kappa shape index (κ3) is 5.30. The number of halogens is 6. The number of hydrogen-bond donors (Lipinski definition) is 2. The van der Waals surface area contributed by atoms with Crippen LogP contribution in [-0.4, -0.2) is 22.0 Å². The molecule has 2 aromatic carbocycles. The van der Waals surface area contributed by atoms with E-state index in [2.05, 4.69) is 20.9 Å². The molecule has 0 aliphatic heterocycles. The van der Waals surface area contributed by atoms with Crippen molar-refractivity contribution in [1.82, 2.24) is 4.98 Å². The van der Waals surface area contributed by atoms with Crippen LogP contribution in [0.3, 0.4) is 0 Å². The van der Waals surface area contributed by atoms with Gasteiger partial charge in [0.05, 0.1) is 12.0 Å². The molecule has 1 heterocycles. The molecule has 0 fully saturated rings. The molecule has 0 saturated carbocycles. The molecule has 1 atom stereocenters. The molecular weight excluding hydrogens is 523 g/mol. The van der Waals surface area contributed by atoms with Gasteiger partial charge in [-0.25, -0.2) is 13.8 Å². The molecule has 0 aliphatic rings. The Bertz CT molecular complexity index is 1210. The molecule has 3 rings (SSSR count). The van der Waals surface area contributed by atoms with Crippen molar-refractivity contribution in [2.75, 3.05) is 0 Å². The quantitative estimate of drug-likeness (QED) is 0.407. The second-order valence-corrected chi connectivity index (χ2v) is 7.27. The Kier molecular flexibility index (Phi) is 6.72. The molecule has 3 aromatic rings. The number of carbonyl (C=O) groups excluding carboxylic acids is 1. The number of alkyl halides is 3. The number of oxazole rings is 1. The van der Waals surface area contributed by atoms with Gasteiger partial charge in [-0.15, -0.1) is 0 Å². The Morgan fingerprint density at radius 1 is 1.15 bits per heavy atom. The Balaban J connectivity index is 1.98. The maximum Gasteiger partial charge on any atom is 0.416 e. The van der Waals surface area contributed by atoms with Gasteiger partial charge in [-0.1, -0.05) is 12.1 Å². The Morgan fingerprint density at radius 3 is 2.33 bits per heavy atom. The molecular formula is C20H12BrF5N2O5. The van der Waals surface area contributed by atoms with Crippen molar-refractivity contribution >= 4 is 27.8 Å². The molecule has 0 radical (unpaired) electrons. The van der Waals surface area contributed by atoms with Gasteiger partial charge in [-0.05, 0) is 40.2 Å². The summed E-state index contributed by atoms with van der Waals surface area (Å²) in [7, 11) is 0. The summed E-state index contributed by atoms with van der Waals surface area (Å²) < 4.78 is 77.1. The standard InChI is InChI=1S/C20H12BrF5N2O5/c21-17-16(8-1-3-9(4-2-8)20(24,25)26)28-19(33-17)12(7-13(29)30)32-11-6-5-10(22)14(15(11)23)18(27)31/h1-6,12H,7H2,(H2,27,31)(H,29,30). The van der Waals surface area contributed by atoms with E-state index >= 15 is 0 Å². The van der Waals surface area contributed by atoms with Gasteiger partial charge in [0.25, 0.3) is 5.91 Å². The van der Waals surface area contributed by atoms with E-state index < -0.39 is 59.1 Å². The minimum absolute atomic E-state index is 0.0233. The van der Waals surface area contributed by atoms with Gasteiger partial charge >= 0.3 is 12.1 Å². The van der Waals surface area contributed by atoms with Crippen LogP contribution in [-0.2, 0) is 11.0 Å². The summed E-state index contributed by atoms with van der Waals surface area (Å²) in [6, 6.07) is 5.42. The third-order valence-corrected chi connectivity index (χ3v) is 4.83. The van der Waals surface area contributed by atoms with Gasteiger partial charge in [-0.3, -0.25) is 9.59 Å². The summed E-state index contributed by atoms with van der Waals surface area (Å²) >= 11 is 3.05.